The highest BCUT2D eigenvalue weighted by Crippen LogP contribution is 2.31. The molecule has 1 unspecified atom stereocenters. The van der Waals surface area contributed by atoms with Gasteiger partial charge in [-0.3, -0.25) is 0 Å². The molecule has 1 atom stereocenters. The van der Waals surface area contributed by atoms with Gasteiger partial charge in [0.15, 0.2) is 0 Å². The normalized spacial score (nSPS) is 31.0. The number of hydrogen-bond acceptors (Lipinski definition) is 2. The lowest BCUT2D eigenvalue weighted by atomic mass is 9.87. The van der Waals surface area contributed by atoms with Crippen molar-refractivity contribution in [1.82, 2.24) is 10.2 Å². The first kappa shape index (κ1) is 12.9. The van der Waals surface area contributed by atoms with Crippen LogP contribution in [0.2, 0.25) is 0 Å². The lowest BCUT2D eigenvalue weighted by Crippen LogP contribution is -2.29. The van der Waals surface area contributed by atoms with Gasteiger partial charge in [-0.25, -0.2) is 0 Å². The highest BCUT2D eigenvalue weighted by molar-refractivity contribution is 4.89. The number of hydrogen-bond donors (Lipinski definition) is 1. The van der Waals surface area contributed by atoms with Gasteiger partial charge >= 0.3 is 0 Å². The standard InChI is InChI=1S/C16H30N2/c1-2-4-14(5-3-1)8-10-17-12-15-9-11-18(13-15)16-6-7-16/h14-17H,1-13H2. The van der Waals surface area contributed by atoms with Gasteiger partial charge in [-0.15, -0.1) is 0 Å². The van der Waals surface area contributed by atoms with E-state index in [0.29, 0.717) is 0 Å². The van der Waals surface area contributed by atoms with Gasteiger partial charge in [0.05, 0.1) is 0 Å². The molecule has 3 rings (SSSR count). The minimum absolute atomic E-state index is 0.942. The van der Waals surface area contributed by atoms with Gasteiger partial charge in [0, 0.05) is 12.6 Å². The van der Waals surface area contributed by atoms with E-state index in [0.717, 1.165) is 17.9 Å². The van der Waals surface area contributed by atoms with Crippen LogP contribution in [-0.2, 0) is 0 Å². The second-order valence-corrected chi connectivity index (χ2v) is 6.88. The zero-order valence-corrected chi connectivity index (χ0v) is 11.9. The molecule has 0 amide bonds. The van der Waals surface area contributed by atoms with Crippen molar-refractivity contribution in [2.45, 2.75) is 63.8 Å². The van der Waals surface area contributed by atoms with E-state index in [4.69, 9.17) is 0 Å². The topological polar surface area (TPSA) is 15.3 Å². The van der Waals surface area contributed by atoms with Crippen LogP contribution in [-0.4, -0.2) is 37.1 Å². The van der Waals surface area contributed by atoms with E-state index in [1.807, 2.05) is 0 Å². The summed E-state index contributed by atoms with van der Waals surface area (Å²) in [6, 6.07) is 0.984. The van der Waals surface area contributed by atoms with Gasteiger partial charge in [-0.1, -0.05) is 32.1 Å². The number of likely N-dealkylation sites (tertiary alicyclic amines) is 1. The Labute approximate surface area is 113 Å². The first-order valence-electron chi connectivity index (χ1n) is 8.36. The van der Waals surface area contributed by atoms with Gasteiger partial charge in [-0.05, 0) is 57.2 Å². The van der Waals surface area contributed by atoms with Crippen LogP contribution in [0.3, 0.4) is 0 Å². The van der Waals surface area contributed by atoms with Gasteiger partial charge in [0.25, 0.3) is 0 Å². The van der Waals surface area contributed by atoms with Crippen molar-refractivity contribution < 1.29 is 0 Å². The molecular weight excluding hydrogens is 220 g/mol. The first-order valence-corrected chi connectivity index (χ1v) is 8.36. The lowest BCUT2D eigenvalue weighted by Gasteiger charge is -2.22. The summed E-state index contributed by atoms with van der Waals surface area (Å²) in [6.07, 6.45) is 13.3. The van der Waals surface area contributed by atoms with E-state index in [9.17, 15) is 0 Å². The van der Waals surface area contributed by atoms with E-state index in [1.165, 1.54) is 84.0 Å². The van der Waals surface area contributed by atoms with Crippen molar-refractivity contribution in [2.75, 3.05) is 26.2 Å². The Morgan fingerprint density at radius 3 is 2.50 bits per heavy atom. The van der Waals surface area contributed by atoms with E-state index >= 15 is 0 Å². The summed E-state index contributed by atoms with van der Waals surface area (Å²) >= 11 is 0. The Balaban J connectivity index is 1.24. The third-order valence-electron chi connectivity index (χ3n) is 5.27. The second-order valence-electron chi connectivity index (χ2n) is 6.88. The third-order valence-corrected chi connectivity index (χ3v) is 5.27. The summed E-state index contributed by atoms with van der Waals surface area (Å²) in [5.41, 5.74) is 0. The third kappa shape index (κ3) is 3.71. The maximum Gasteiger partial charge on any atom is 0.00965 e. The number of rotatable bonds is 6. The second kappa shape index (κ2) is 6.38. The summed E-state index contributed by atoms with van der Waals surface area (Å²) in [5.74, 6) is 1.98. The summed E-state index contributed by atoms with van der Waals surface area (Å²) in [6.45, 7) is 5.29. The molecule has 0 aromatic rings. The van der Waals surface area contributed by atoms with Crippen LogP contribution in [0.5, 0.6) is 0 Å². The van der Waals surface area contributed by atoms with Crippen LogP contribution in [0.25, 0.3) is 0 Å². The minimum Gasteiger partial charge on any atom is -0.316 e. The smallest absolute Gasteiger partial charge is 0.00965 e. The Kier molecular flexibility index (Phi) is 4.58. The molecule has 0 aromatic heterocycles. The highest BCUT2D eigenvalue weighted by Gasteiger charge is 2.33. The maximum absolute atomic E-state index is 3.73. The molecule has 3 fully saturated rings. The Morgan fingerprint density at radius 2 is 1.72 bits per heavy atom. The maximum atomic E-state index is 3.73. The SMILES string of the molecule is C1CCC(CCNCC2CCN(C3CC3)C2)CC1. The molecule has 0 aromatic carbocycles. The predicted molar refractivity (Wildman–Crippen MR) is 76.8 cm³/mol. The number of nitrogens with zero attached hydrogens (tertiary/aromatic N) is 1. The monoisotopic (exact) mass is 250 g/mol. The average molecular weight is 250 g/mol. The molecule has 104 valence electrons. The fourth-order valence-electron chi connectivity index (χ4n) is 3.89. The summed E-state index contributed by atoms with van der Waals surface area (Å²) < 4.78 is 0. The van der Waals surface area contributed by atoms with Gasteiger partial charge in [0.1, 0.15) is 0 Å². The molecular formula is C16H30N2. The molecule has 0 spiro atoms. The van der Waals surface area contributed by atoms with Crippen molar-refractivity contribution in [3.05, 3.63) is 0 Å². The molecule has 3 aliphatic rings. The van der Waals surface area contributed by atoms with Crippen LogP contribution >= 0.6 is 0 Å². The van der Waals surface area contributed by atoms with E-state index in [1.54, 1.807) is 0 Å². The lowest BCUT2D eigenvalue weighted by molar-refractivity contribution is 0.307. The van der Waals surface area contributed by atoms with Crippen molar-refractivity contribution in [2.24, 2.45) is 11.8 Å². The molecule has 1 N–H and O–H groups in total. The van der Waals surface area contributed by atoms with Crippen molar-refractivity contribution in [1.29, 1.82) is 0 Å². The molecule has 0 bridgehead atoms. The Bertz CT molecular complexity index is 243. The van der Waals surface area contributed by atoms with Crippen molar-refractivity contribution >= 4 is 0 Å². The van der Waals surface area contributed by atoms with Crippen LogP contribution < -0.4 is 5.32 Å². The van der Waals surface area contributed by atoms with Crippen molar-refractivity contribution in [3.8, 4) is 0 Å². The van der Waals surface area contributed by atoms with Crippen LogP contribution in [0.1, 0.15) is 57.8 Å². The molecule has 18 heavy (non-hydrogen) atoms. The molecule has 1 heterocycles. The fraction of sp³-hybridized carbons (Fsp3) is 1.00. The molecule has 2 nitrogen and oxygen atoms in total. The summed E-state index contributed by atoms with van der Waals surface area (Å²) in [5, 5.41) is 3.73. The van der Waals surface area contributed by atoms with Gasteiger partial charge < -0.3 is 10.2 Å². The molecule has 2 saturated carbocycles. The van der Waals surface area contributed by atoms with Crippen LogP contribution in [0, 0.1) is 11.8 Å². The molecule has 2 aliphatic carbocycles. The van der Waals surface area contributed by atoms with E-state index in [2.05, 4.69) is 10.2 Å². The summed E-state index contributed by atoms with van der Waals surface area (Å²) in [7, 11) is 0. The van der Waals surface area contributed by atoms with Crippen LogP contribution in [0.15, 0.2) is 0 Å². The van der Waals surface area contributed by atoms with Gasteiger partial charge in [0.2, 0.25) is 0 Å². The average Bonchev–Trinajstić information content (AvgIpc) is 3.16. The molecule has 1 saturated heterocycles. The van der Waals surface area contributed by atoms with Gasteiger partial charge in [-0.2, -0.15) is 0 Å². The Hall–Kier alpha value is -0.0800. The van der Waals surface area contributed by atoms with Crippen molar-refractivity contribution in [3.63, 3.8) is 0 Å². The zero-order chi connectivity index (χ0) is 12.2. The van der Waals surface area contributed by atoms with Crippen LogP contribution in [0.4, 0.5) is 0 Å². The predicted octanol–water partition coefficient (Wildman–Crippen LogP) is 3.03. The highest BCUT2D eigenvalue weighted by atomic mass is 15.2. The zero-order valence-electron chi connectivity index (χ0n) is 11.9. The fourth-order valence-corrected chi connectivity index (χ4v) is 3.89. The molecule has 1 aliphatic heterocycles. The van der Waals surface area contributed by atoms with E-state index in [-0.39, 0.29) is 0 Å². The quantitative estimate of drug-likeness (QED) is 0.729. The number of nitrogens with one attached hydrogen (secondary N) is 1. The Morgan fingerprint density at radius 1 is 0.889 bits per heavy atom. The minimum atomic E-state index is 0.942. The van der Waals surface area contributed by atoms with E-state index < -0.39 is 0 Å². The molecule has 2 heteroatoms. The summed E-state index contributed by atoms with van der Waals surface area (Å²) in [4.78, 5) is 2.73. The first-order chi connectivity index (χ1) is 8.92. The largest absolute Gasteiger partial charge is 0.316 e. The molecule has 0 radical (unpaired) electrons.